The maximum Gasteiger partial charge on any atom is 0.410 e. The Morgan fingerprint density at radius 2 is 2.42 bits per heavy atom. The van der Waals surface area contributed by atoms with E-state index in [-0.39, 0.29) is 19.7 Å². The van der Waals surface area contributed by atoms with E-state index < -0.39 is 18.2 Å². The van der Waals surface area contributed by atoms with E-state index in [1.807, 2.05) is 0 Å². The van der Waals surface area contributed by atoms with Crippen molar-refractivity contribution >= 4 is 12.1 Å². The largest absolute Gasteiger partial charge is 0.478 e. The summed E-state index contributed by atoms with van der Waals surface area (Å²) in [6, 6.07) is 0. The Morgan fingerprint density at radius 3 is 2.83 bits per heavy atom. The number of rotatable bonds is 3. The lowest BCUT2D eigenvalue weighted by molar-refractivity contribution is -0.144. The van der Waals surface area contributed by atoms with Crippen molar-refractivity contribution in [2.24, 2.45) is 0 Å². The molecule has 1 fully saturated rings. The molecular weight excluding hydrogens is 166 g/mol. The summed E-state index contributed by atoms with van der Waals surface area (Å²) in [6.07, 6.45) is -1.78. The van der Waals surface area contributed by atoms with Crippen LogP contribution >= 0.6 is 0 Å². The molecule has 0 radical (unpaired) electrons. The van der Waals surface area contributed by atoms with E-state index in [4.69, 9.17) is 10.2 Å². The molecule has 12 heavy (non-hydrogen) atoms. The zero-order chi connectivity index (χ0) is 9.14. The molecule has 0 unspecified atom stereocenters. The van der Waals surface area contributed by atoms with Crippen molar-refractivity contribution < 1.29 is 24.5 Å². The van der Waals surface area contributed by atoms with Crippen LogP contribution in [0.2, 0.25) is 0 Å². The van der Waals surface area contributed by atoms with E-state index >= 15 is 0 Å². The summed E-state index contributed by atoms with van der Waals surface area (Å²) < 4.78 is 4.46. The molecule has 1 aliphatic heterocycles. The number of hydrogen-bond donors (Lipinski definition) is 2. The SMILES string of the molecule is O=C(O)[C@H]1CN(CCO)C(=O)O1. The van der Waals surface area contributed by atoms with Crippen LogP contribution in [0.15, 0.2) is 0 Å². The van der Waals surface area contributed by atoms with Gasteiger partial charge in [-0.15, -0.1) is 0 Å². The third-order valence-corrected chi connectivity index (χ3v) is 1.53. The average molecular weight is 175 g/mol. The minimum atomic E-state index is -1.16. The average Bonchev–Trinajstić information content (AvgIpc) is 2.34. The summed E-state index contributed by atoms with van der Waals surface area (Å²) in [6.45, 7) is -0.0707. The summed E-state index contributed by atoms with van der Waals surface area (Å²) >= 11 is 0. The molecule has 0 bridgehead atoms. The molecule has 0 spiro atoms. The molecule has 1 amide bonds. The number of cyclic esters (lactones) is 1. The van der Waals surface area contributed by atoms with E-state index in [0.29, 0.717) is 0 Å². The van der Waals surface area contributed by atoms with Gasteiger partial charge in [-0.2, -0.15) is 0 Å². The first-order valence-corrected chi connectivity index (χ1v) is 3.44. The Morgan fingerprint density at radius 1 is 1.75 bits per heavy atom. The molecule has 0 aromatic carbocycles. The molecule has 1 heterocycles. The van der Waals surface area contributed by atoms with Gasteiger partial charge in [-0.25, -0.2) is 9.59 Å². The van der Waals surface area contributed by atoms with Crippen LogP contribution in [-0.2, 0) is 9.53 Å². The van der Waals surface area contributed by atoms with Crippen molar-refractivity contribution in [3.05, 3.63) is 0 Å². The first-order valence-electron chi connectivity index (χ1n) is 3.44. The first kappa shape index (κ1) is 8.79. The van der Waals surface area contributed by atoms with Crippen LogP contribution < -0.4 is 0 Å². The Labute approximate surface area is 68.3 Å². The van der Waals surface area contributed by atoms with Gasteiger partial charge < -0.3 is 19.8 Å². The van der Waals surface area contributed by atoms with Gasteiger partial charge in [0.25, 0.3) is 0 Å². The van der Waals surface area contributed by atoms with Gasteiger partial charge in [0.2, 0.25) is 6.10 Å². The maximum absolute atomic E-state index is 10.8. The normalized spacial score (nSPS) is 22.6. The van der Waals surface area contributed by atoms with Gasteiger partial charge in [-0.3, -0.25) is 0 Å². The summed E-state index contributed by atoms with van der Waals surface area (Å²) in [5, 5.41) is 16.9. The van der Waals surface area contributed by atoms with Crippen molar-refractivity contribution in [3.63, 3.8) is 0 Å². The van der Waals surface area contributed by atoms with Gasteiger partial charge in [0.1, 0.15) is 0 Å². The standard InChI is InChI=1S/C6H9NO5/c8-2-1-7-3-4(5(9)10)12-6(7)11/h4,8H,1-3H2,(H,9,10)/t4-/m1/s1. The van der Waals surface area contributed by atoms with Crippen LogP contribution in [0.25, 0.3) is 0 Å². The zero-order valence-electron chi connectivity index (χ0n) is 6.27. The number of amides is 1. The predicted molar refractivity (Wildman–Crippen MR) is 36.6 cm³/mol. The molecule has 0 saturated carbocycles. The molecule has 6 heteroatoms. The molecule has 1 rings (SSSR count). The second-order valence-corrected chi connectivity index (χ2v) is 2.38. The monoisotopic (exact) mass is 175 g/mol. The van der Waals surface area contributed by atoms with Gasteiger partial charge in [-0.1, -0.05) is 0 Å². The highest BCUT2D eigenvalue weighted by atomic mass is 16.6. The fraction of sp³-hybridized carbons (Fsp3) is 0.667. The highest BCUT2D eigenvalue weighted by molar-refractivity contribution is 5.81. The number of β-amino-alcohol motifs (C(OH)–C–C–N with tert-alkyl or cyclic N) is 1. The van der Waals surface area contributed by atoms with Crippen LogP contribution in [0.4, 0.5) is 4.79 Å². The lowest BCUT2D eigenvalue weighted by Crippen LogP contribution is -2.30. The molecule has 1 saturated heterocycles. The third-order valence-electron chi connectivity index (χ3n) is 1.53. The number of carboxylic acids is 1. The quantitative estimate of drug-likeness (QED) is 0.567. The minimum Gasteiger partial charge on any atom is -0.478 e. The van der Waals surface area contributed by atoms with E-state index in [2.05, 4.69) is 4.74 Å². The number of carboxylic acid groups (broad SMARTS) is 1. The lowest BCUT2D eigenvalue weighted by Gasteiger charge is -2.08. The predicted octanol–water partition coefficient (Wildman–Crippen LogP) is -1.12. The summed E-state index contributed by atoms with van der Waals surface area (Å²) in [5.74, 6) is -1.16. The summed E-state index contributed by atoms with van der Waals surface area (Å²) in [5.41, 5.74) is 0. The Balaban J connectivity index is 2.50. The summed E-state index contributed by atoms with van der Waals surface area (Å²) in [4.78, 5) is 22.3. The number of ether oxygens (including phenoxy) is 1. The van der Waals surface area contributed by atoms with Crippen LogP contribution in [0.1, 0.15) is 0 Å². The van der Waals surface area contributed by atoms with Crippen molar-refractivity contribution in [2.45, 2.75) is 6.10 Å². The van der Waals surface area contributed by atoms with E-state index in [9.17, 15) is 9.59 Å². The summed E-state index contributed by atoms with van der Waals surface area (Å²) in [7, 11) is 0. The zero-order valence-corrected chi connectivity index (χ0v) is 6.27. The van der Waals surface area contributed by atoms with Gasteiger partial charge in [0.05, 0.1) is 13.2 Å². The third kappa shape index (κ3) is 1.65. The molecule has 2 N–H and O–H groups in total. The Hall–Kier alpha value is -1.30. The van der Waals surface area contributed by atoms with Gasteiger partial charge in [0, 0.05) is 6.54 Å². The fourth-order valence-corrected chi connectivity index (χ4v) is 0.940. The molecule has 6 nitrogen and oxygen atoms in total. The molecular formula is C6H9NO5. The Kier molecular flexibility index (Phi) is 2.49. The fourth-order valence-electron chi connectivity index (χ4n) is 0.940. The molecule has 0 aromatic heterocycles. The van der Waals surface area contributed by atoms with Gasteiger partial charge >= 0.3 is 12.1 Å². The molecule has 1 atom stereocenters. The van der Waals surface area contributed by atoms with E-state index in [1.54, 1.807) is 0 Å². The van der Waals surface area contributed by atoms with Crippen LogP contribution in [0.3, 0.4) is 0 Å². The van der Waals surface area contributed by atoms with Crippen LogP contribution in [-0.4, -0.2) is 53.0 Å². The maximum atomic E-state index is 10.8. The van der Waals surface area contributed by atoms with Crippen molar-refractivity contribution in [2.75, 3.05) is 19.7 Å². The number of hydrogen-bond acceptors (Lipinski definition) is 4. The van der Waals surface area contributed by atoms with Crippen LogP contribution in [0, 0.1) is 0 Å². The van der Waals surface area contributed by atoms with Crippen LogP contribution in [0.5, 0.6) is 0 Å². The first-order chi connectivity index (χ1) is 5.65. The highest BCUT2D eigenvalue weighted by Crippen LogP contribution is 2.10. The number of aliphatic carboxylic acids is 1. The van der Waals surface area contributed by atoms with E-state index in [0.717, 1.165) is 4.90 Å². The van der Waals surface area contributed by atoms with E-state index in [1.165, 1.54) is 0 Å². The second-order valence-electron chi connectivity index (χ2n) is 2.38. The smallest absolute Gasteiger partial charge is 0.410 e. The van der Waals surface area contributed by atoms with Gasteiger partial charge in [0.15, 0.2) is 0 Å². The number of aliphatic hydroxyl groups is 1. The number of carbonyl (C=O) groups excluding carboxylic acids is 1. The molecule has 68 valence electrons. The number of carbonyl (C=O) groups is 2. The number of aliphatic hydroxyl groups excluding tert-OH is 1. The minimum absolute atomic E-state index is 0.00866. The highest BCUT2D eigenvalue weighted by Gasteiger charge is 2.35. The molecule has 0 aromatic rings. The molecule has 1 aliphatic rings. The Bertz CT molecular complexity index is 204. The van der Waals surface area contributed by atoms with Gasteiger partial charge in [-0.05, 0) is 0 Å². The van der Waals surface area contributed by atoms with Crippen molar-refractivity contribution in [1.29, 1.82) is 0 Å². The lowest BCUT2D eigenvalue weighted by atomic mass is 10.3. The van der Waals surface area contributed by atoms with Crippen molar-refractivity contribution in [3.8, 4) is 0 Å². The molecule has 0 aliphatic carbocycles. The van der Waals surface area contributed by atoms with Crippen molar-refractivity contribution in [1.82, 2.24) is 4.90 Å². The topological polar surface area (TPSA) is 87.1 Å². The second kappa shape index (κ2) is 3.40. The number of nitrogens with zero attached hydrogens (tertiary/aromatic N) is 1.